The van der Waals surface area contributed by atoms with Crippen molar-refractivity contribution < 1.29 is 18.7 Å². The average molecular weight is 289 g/mol. The van der Waals surface area contributed by atoms with Crippen molar-refractivity contribution >= 4 is 22.7 Å². The fraction of sp³-hybridized carbons (Fsp3) is 0.375. The number of esters is 1. The summed E-state index contributed by atoms with van der Waals surface area (Å²) in [5.41, 5.74) is 2.09. The van der Waals surface area contributed by atoms with Crippen LogP contribution in [0.5, 0.6) is 0 Å². The van der Waals surface area contributed by atoms with Crippen LogP contribution < -0.4 is 0 Å². The highest BCUT2D eigenvalue weighted by atomic mass is 19.1. The fourth-order valence-corrected chi connectivity index (χ4v) is 3.15. The molecule has 21 heavy (non-hydrogen) atoms. The van der Waals surface area contributed by atoms with E-state index in [9.17, 15) is 14.0 Å². The number of Topliss-reactive ketones (excluding diaryl/α,β-unsaturated/α-hetero) is 1. The van der Waals surface area contributed by atoms with Crippen LogP contribution in [-0.4, -0.2) is 23.4 Å². The number of hydrogen-bond acceptors (Lipinski definition) is 3. The van der Waals surface area contributed by atoms with E-state index in [1.807, 2.05) is 10.6 Å². The first kappa shape index (κ1) is 13.8. The molecule has 1 aromatic carbocycles. The second-order valence-corrected chi connectivity index (χ2v) is 5.43. The Morgan fingerprint density at radius 2 is 2.14 bits per heavy atom. The first-order valence-corrected chi connectivity index (χ1v) is 6.91. The lowest BCUT2D eigenvalue weighted by atomic mass is 9.99. The number of methoxy groups -OCH3 is 1. The maximum atomic E-state index is 13.7. The predicted octanol–water partition coefficient (Wildman–Crippen LogP) is 3.03. The maximum absolute atomic E-state index is 13.7. The van der Waals surface area contributed by atoms with Crippen molar-refractivity contribution in [3.8, 4) is 0 Å². The van der Waals surface area contributed by atoms with E-state index < -0.39 is 5.82 Å². The average Bonchev–Trinajstić information content (AvgIpc) is 2.98. The minimum absolute atomic E-state index is 0.0627. The second-order valence-electron chi connectivity index (χ2n) is 5.43. The Bertz CT molecular complexity index is 748. The van der Waals surface area contributed by atoms with Gasteiger partial charge < -0.3 is 9.30 Å². The van der Waals surface area contributed by atoms with E-state index in [1.54, 1.807) is 0 Å². The standard InChI is InChI=1S/C16H16FNO3/c1-9(19)12-6-11(17)7-15-13(12)8-14-10(3-4-18(14)15)5-16(20)21-2/h6-8,10H,3-5H2,1-2H3. The molecule has 1 atom stereocenters. The molecule has 4 nitrogen and oxygen atoms in total. The molecule has 0 amide bonds. The third-order valence-electron chi connectivity index (χ3n) is 4.16. The molecular weight excluding hydrogens is 273 g/mol. The number of nitrogens with zero attached hydrogens (tertiary/aromatic N) is 1. The van der Waals surface area contributed by atoms with Gasteiger partial charge >= 0.3 is 5.97 Å². The smallest absolute Gasteiger partial charge is 0.306 e. The van der Waals surface area contributed by atoms with E-state index in [0.717, 1.165) is 29.6 Å². The third kappa shape index (κ3) is 2.22. The molecule has 0 bridgehead atoms. The number of aryl methyl sites for hydroxylation is 1. The zero-order chi connectivity index (χ0) is 15.1. The Morgan fingerprint density at radius 1 is 1.38 bits per heavy atom. The van der Waals surface area contributed by atoms with Gasteiger partial charge in [-0.15, -0.1) is 0 Å². The van der Waals surface area contributed by atoms with Gasteiger partial charge in [-0.25, -0.2) is 4.39 Å². The van der Waals surface area contributed by atoms with Crippen LogP contribution in [0.25, 0.3) is 10.9 Å². The summed E-state index contributed by atoms with van der Waals surface area (Å²) in [5, 5.41) is 0.758. The third-order valence-corrected chi connectivity index (χ3v) is 4.16. The Balaban J connectivity index is 2.12. The van der Waals surface area contributed by atoms with Gasteiger partial charge in [0.25, 0.3) is 0 Å². The van der Waals surface area contributed by atoms with Crippen LogP contribution in [0.1, 0.15) is 41.7 Å². The fourth-order valence-electron chi connectivity index (χ4n) is 3.15. The highest BCUT2D eigenvalue weighted by molar-refractivity contribution is 6.07. The van der Waals surface area contributed by atoms with Crippen LogP contribution in [-0.2, 0) is 16.1 Å². The molecule has 0 radical (unpaired) electrons. The van der Waals surface area contributed by atoms with Crippen molar-refractivity contribution in [2.24, 2.45) is 0 Å². The molecule has 0 aliphatic carbocycles. The molecule has 1 aliphatic rings. The zero-order valence-electron chi connectivity index (χ0n) is 12.0. The molecule has 3 rings (SSSR count). The number of halogens is 1. The number of benzene rings is 1. The first-order chi connectivity index (χ1) is 10.0. The van der Waals surface area contributed by atoms with Gasteiger partial charge in [0.1, 0.15) is 5.82 Å². The van der Waals surface area contributed by atoms with E-state index in [0.29, 0.717) is 12.0 Å². The zero-order valence-corrected chi connectivity index (χ0v) is 12.0. The minimum Gasteiger partial charge on any atom is -0.469 e. The van der Waals surface area contributed by atoms with Gasteiger partial charge in [0.15, 0.2) is 5.78 Å². The number of hydrogen-bond donors (Lipinski definition) is 0. The van der Waals surface area contributed by atoms with Gasteiger partial charge in [-0.2, -0.15) is 0 Å². The molecule has 110 valence electrons. The van der Waals surface area contributed by atoms with Gasteiger partial charge in [-0.3, -0.25) is 9.59 Å². The van der Waals surface area contributed by atoms with E-state index in [-0.39, 0.29) is 17.7 Å². The SMILES string of the molecule is COC(=O)CC1CCn2c1cc1c(C(C)=O)cc(F)cc12. The van der Waals surface area contributed by atoms with E-state index in [1.165, 1.54) is 26.2 Å². The quantitative estimate of drug-likeness (QED) is 0.644. The Kier molecular flexibility index (Phi) is 3.27. The van der Waals surface area contributed by atoms with Gasteiger partial charge in [0, 0.05) is 29.1 Å². The maximum Gasteiger partial charge on any atom is 0.306 e. The lowest BCUT2D eigenvalue weighted by molar-refractivity contribution is -0.141. The molecule has 2 aromatic rings. The number of carbonyl (C=O) groups excluding carboxylic acids is 2. The van der Waals surface area contributed by atoms with Gasteiger partial charge in [-0.05, 0) is 31.5 Å². The van der Waals surface area contributed by atoms with E-state index in [4.69, 9.17) is 4.74 Å². The predicted molar refractivity (Wildman–Crippen MR) is 75.9 cm³/mol. The van der Waals surface area contributed by atoms with Crippen LogP contribution in [0.2, 0.25) is 0 Å². The number of ether oxygens (including phenoxy) is 1. The van der Waals surface area contributed by atoms with Gasteiger partial charge in [0.2, 0.25) is 0 Å². The summed E-state index contributed by atoms with van der Waals surface area (Å²) in [6.45, 7) is 2.16. The van der Waals surface area contributed by atoms with Crippen molar-refractivity contribution in [3.05, 3.63) is 35.3 Å². The summed E-state index contributed by atoms with van der Waals surface area (Å²) in [6, 6.07) is 4.63. The van der Waals surface area contributed by atoms with E-state index in [2.05, 4.69) is 0 Å². The van der Waals surface area contributed by atoms with E-state index >= 15 is 0 Å². The molecule has 0 N–H and O–H groups in total. The van der Waals surface area contributed by atoms with Crippen molar-refractivity contribution in [3.63, 3.8) is 0 Å². The van der Waals surface area contributed by atoms with Gasteiger partial charge in [-0.1, -0.05) is 0 Å². The van der Waals surface area contributed by atoms with Crippen molar-refractivity contribution in [2.45, 2.75) is 32.2 Å². The normalized spacial score (nSPS) is 17.0. The van der Waals surface area contributed by atoms with Crippen molar-refractivity contribution in [2.75, 3.05) is 7.11 Å². The number of ketones is 1. The molecule has 0 spiro atoms. The molecular formula is C16H16FNO3. The Morgan fingerprint density at radius 3 is 2.81 bits per heavy atom. The summed E-state index contributed by atoms with van der Waals surface area (Å²) >= 11 is 0. The summed E-state index contributed by atoms with van der Waals surface area (Å²) in [6.07, 6.45) is 1.14. The summed E-state index contributed by atoms with van der Waals surface area (Å²) in [4.78, 5) is 23.2. The first-order valence-electron chi connectivity index (χ1n) is 6.91. The topological polar surface area (TPSA) is 48.3 Å². The summed E-state index contributed by atoms with van der Waals surface area (Å²) in [5.74, 6) is -0.761. The summed E-state index contributed by atoms with van der Waals surface area (Å²) < 4.78 is 20.4. The molecule has 0 saturated heterocycles. The molecule has 0 fully saturated rings. The highest BCUT2D eigenvalue weighted by Crippen LogP contribution is 2.37. The Hall–Kier alpha value is -2.17. The number of aromatic nitrogens is 1. The summed E-state index contributed by atoms with van der Waals surface area (Å²) in [7, 11) is 1.37. The molecule has 5 heteroatoms. The molecule has 1 aromatic heterocycles. The molecule has 0 saturated carbocycles. The lowest BCUT2D eigenvalue weighted by Crippen LogP contribution is -2.06. The second kappa shape index (κ2) is 4.98. The monoisotopic (exact) mass is 289 g/mol. The molecule has 1 aliphatic heterocycles. The van der Waals surface area contributed by atoms with Crippen LogP contribution in [0, 0.1) is 5.82 Å². The molecule has 1 unspecified atom stereocenters. The van der Waals surface area contributed by atoms with Gasteiger partial charge in [0.05, 0.1) is 19.0 Å². The molecule has 2 heterocycles. The highest BCUT2D eigenvalue weighted by Gasteiger charge is 2.28. The number of carbonyl (C=O) groups is 2. The van der Waals surface area contributed by atoms with Crippen LogP contribution in [0.15, 0.2) is 18.2 Å². The number of rotatable bonds is 3. The van der Waals surface area contributed by atoms with Crippen molar-refractivity contribution in [1.82, 2.24) is 4.57 Å². The number of fused-ring (bicyclic) bond motifs is 3. The lowest BCUT2D eigenvalue weighted by Gasteiger charge is -2.06. The largest absolute Gasteiger partial charge is 0.469 e. The Labute approximate surface area is 121 Å². The minimum atomic E-state index is -0.412. The van der Waals surface area contributed by atoms with Crippen molar-refractivity contribution in [1.29, 1.82) is 0 Å². The van der Waals surface area contributed by atoms with Crippen LogP contribution in [0.3, 0.4) is 0 Å². The van der Waals surface area contributed by atoms with Crippen LogP contribution in [0.4, 0.5) is 4.39 Å². The van der Waals surface area contributed by atoms with Crippen LogP contribution >= 0.6 is 0 Å².